The van der Waals surface area contributed by atoms with Gasteiger partial charge in [-0.25, -0.2) is 0 Å². The zero-order valence-electron chi connectivity index (χ0n) is 14.5. The van der Waals surface area contributed by atoms with E-state index in [-0.39, 0.29) is 17.7 Å². The Morgan fingerprint density at radius 3 is 2.71 bits per heavy atom. The van der Waals surface area contributed by atoms with Crippen LogP contribution >= 0.6 is 0 Å². The van der Waals surface area contributed by atoms with Gasteiger partial charge in [0.25, 0.3) is 0 Å². The molecule has 0 unspecified atom stereocenters. The molecule has 130 valence electrons. The van der Waals surface area contributed by atoms with Gasteiger partial charge in [-0.1, -0.05) is 12.8 Å². The van der Waals surface area contributed by atoms with Crippen LogP contribution in [0.4, 0.5) is 0 Å². The van der Waals surface area contributed by atoms with Crippen molar-refractivity contribution < 1.29 is 14.3 Å². The number of ketones is 1. The van der Waals surface area contributed by atoms with Gasteiger partial charge in [0.2, 0.25) is 5.91 Å². The van der Waals surface area contributed by atoms with Crippen LogP contribution in [0.3, 0.4) is 0 Å². The molecule has 3 atom stereocenters. The molecule has 1 heterocycles. The Morgan fingerprint density at radius 1 is 1.29 bits per heavy atom. The fourth-order valence-corrected chi connectivity index (χ4v) is 4.38. The lowest BCUT2D eigenvalue weighted by Crippen LogP contribution is -2.44. The highest BCUT2D eigenvalue weighted by molar-refractivity contribution is 5.94. The quantitative estimate of drug-likeness (QED) is 0.842. The minimum absolute atomic E-state index is 0.0299. The van der Waals surface area contributed by atoms with Gasteiger partial charge in [-0.3, -0.25) is 14.5 Å². The lowest BCUT2D eigenvalue weighted by atomic mass is 9.84. The number of fused-ring (bicyclic) bond motifs is 1. The molecule has 24 heavy (non-hydrogen) atoms. The highest BCUT2D eigenvalue weighted by Crippen LogP contribution is 2.41. The maximum absolute atomic E-state index is 12.0. The number of carbonyl (C=O) groups excluding carboxylic acids is 2. The number of hydrogen-bond acceptors (Lipinski definition) is 4. The third kappa shape index (κ3) is 3.18. The van der Waals surface area contributed by atoms with Gasteiger partial charge in [0.05, 0.1) is 13.2 Å². The Bertz CT molecular complexity index is 643. The Kier molecular flexibility index (Phi) is 4.90. The number of likely N-dealkylation sites (tertiary alicyclic amines) is 1. The van der Waals surface area contributed by atoms with Crippen molar-refractivity contribution in [3.8, 4) is 5.75 Å². The summed E-state index contributed by atoms with van der Waals surface area (Å²) in [4.78, 5) is 25.9. The van der Waals surface area contributed by atoms with Crippen molar-refractivity contribution in [1.82, 2.24) is 4.90 Å². The van der Waals surface area contributed by atoms with Crippen LogP contribution < -0.4 is 10.5 Å². The van der Waals surface area contributed by atoms with Gasteiger partial charge in [0, 0.05) is 23.7 Å². The van der Waals surface area contributed by atoms with Gasteiger partial charge < -0.3 is 10.5 Å². The topological polar surface area (TPSA) is 72.6 Å². The van der Waals surface area contributed by atoms with Crippen LogP contribution in [-0.2, 0) is 11.3 Å². The summed E-state index contributed by atoms with van der Waals surface area (Å²) >= 11 is 0. The maximum atomic E-state index is 12.0. The number of methoxy groups -OCH3 is 1. The second kappa shape index (κ2) is 6.93. The molecule has 1 aromatic carbocycles. The van der Waals surface area contributed by atoms with Gasteiger partial charge in [-0.2, -0.15) is 0 Å². The molecule has 2 aliphatic rings. The molecular weight excluding hydrogens is 304 g/mol. The molecule has 0 radical (unpaired) electrons. The first-order chi connectivity index (χ1) is 11.5. The predicted molar refractivity (Wildman–Crippen MR) is 91.9 cm³/mol. The molecule has 0 spiro atoms. The lowest BCUT2D eigenvalue weighted by molar-refractivity contribution is -0.123. The molecule has 0 aromatic heterocycles. The molecule has 2 N–H and O–H groups in total. The van der Waals surface area contributed by atoms with E-state index in [1.807, 2.05) is 12.1 Å². The number of primary amides is 1. The van der Waals surface area contributed by atoms with E-state index in [4.69, 9.17) is 10.5 Å². The van der Waals surface area contributed by atoms with E-state index in [0.29, 0.717) is 24.1 Å². The monoisotopic (exact) mass is 330 g/mol. The van der Waals surface area contributed by atoms with E-state index in [9.17, 15) is 9.59 Å². The van der Waals surface area contributed by atoms with E-state index in [2.05, 4.69) is 4.90 Å². The van der Waals surface area contributed by atoms with Crippen molar-refractivity contribution in [1.29, 1.82) is 0 Å². The zero-order chi connectivity index (χ0) is 17.3. The van der Waals surface area contributed by atoms with Gasteiger partial charge in [-0.15, -0.1) is 0 Å². The normalized spacial score (nSPS) is 26.8. The second-order valence-electron chi connectivity index (χ2n) is 7.02. The van der Waals surface area contributed by atoms with Crippen LogP contribution in [0, 0.1) is 5.92 Å². The van der Waals surface area contributed by atoms with Gasteiger partial charge in [-0.05, 0) is 50.3 Å². The number of hydrogen-bond donors (Lipinski definition) is 1. The molecule has 1 amide bonds. The highest BCUT2D eigenvalue weighted by atomic mass is 16.5. The third-order valence-corrected chi connectivity index (χ3v) is 5.59. The third-order valence-electron chi connectivity index (χ3n) is 5.59. The number of Topliss-reactive ketones (excluding diaryl/α,β-unsaturated/α-hetero) is 1. The van der Waals surface area contributed by atoms with Crippen molar-refractivity contribution in [2.24, 2.45) is 11.7 Å². The second-order valence-corrected chi connectivity index (χ2v) is 7.02. The van der Waals surface area contributed by atoms with Crippen molar-refractivity contribution in [2.45, 2.75) is 57.7 Å². The minimum atomic E-state index is -0.244. The SMILES string of the molecule is COc1ccc(C(C)=O)cc1CN1[C@@H]2CCCC[C@H]2C[C@H]1C(N)=O. The first kappa shape index (κ1) is 17.0. The van der Waals surface area contributed by atoms with Crippen molar-refractivity contribution in [3.63, 3.8) is 0 Å². The van der Waals surface area contributed by atoms with Crippen molar-refractivity contribution in [3.05, 3.63) is 29.3 Å². The molecule has 1 aliphatic heterocycles. The zero-order valence-corrected chi connectivity index (χ0v) is 14.5. The number of nitrogens with two attached hydrogens (primary N) is 1. The van der Waals surface area contributed by atoms with E-state index >= 15 is 0 Å². The first-order valence-electron chi connectivity index (χ1n) is 8.74. The van der Waals surface area contributed by atoms with Crippen molar-refractivity contribution in [2.75, 3.05) is 7.11 Å². The van der Waals surface area contributed by atoms with E-state index in [0.717, 1.165) is 24.2 Å². The molecule has 5 nitrogen and oxygen atoms in total. The van der Waals surface area contributed by atoms with E-state index < -0.39 is 0 Å². The summed E-state index contributed by atoms with van der Waals surface area (Å²) in [7, 11) is 1.63. The maximum Gasteiger partial charge on any atom is 0.234 e. The summed E-state index contributed by atoms with van der Waals surface area (Å²) in [5.74, 6) is 1.09. The Morgan fingerprint density at radius 2 is 2.04 bits per heavy atom. The van der Waals surface area contributed by atoms with Gasteiger partial charge in [0.1, 0.15) is 5.75 Å². The Balaban J connectivity index is 1.91. The lowest BCUT2D eigenvalue weighted by Gasteiger charge is -2.33. The largest absolute Gasteiger partial charge is 0.496 e. The number of carbonyl (C=O) groups is 2. The summed E-state index contributed by atoms with van der Waals surface area (Å²) < 4.78 is 5.47. The number of amides is 1. The van der Waals surface area contributed by atoms with Gasteiger partial charge >= 0.3 is 0 Å². The van der Waals surface area contributed by atoms with Crippen LogP contribution in [0.15, 0.2) is 18.2 Å². The fourth-order valence-electron chi connectivity index (χ4n) is 4.38. The molecule has 1 saturated carbocycles. The molecule has 2 fully saturated rings. The molecule has 1 saturated heterocycles. The summed E-state index contributed by atoms with van der Waals surface area (Å²) in [5.41, 5.74) is 7.29. The van der Waals surface area contributed by atoms with Crippen LogP contribution in [0.2, 0.25) is 0 Å². The van der Waals surface area contributed by atoms with Gasteiger partial charge in [0.15, 0.2) is 5.78 Å². The van der Waals surface area contributed by atoms with Crippen LogP contribution in [0.1, 0.15) is 54.9 Å². The number of rotatable bonds is 5. The summed E-state index contributed by atoms with van der Waals surface area (Å²) in [5, 5.41) is 0. The van der Waals surface area contributed by atoms with E-state index in [1.54, 1.807) is 20.1 Å². The van der Waals surface area contributed by atoms with Crippen molar-refractivity contribution >= 4 is 11.7 Å². The standard InChI is InChI=1S/C19H26N2O3/c1-12(22)13-7-8-18(24-2)15(9-13)11-21-16-6-4-3-5-14(16)10-17(21)19(20)23/h7-9,14,16-17H,3-6,10-11H2,1-2H3,(H2,20,23)/t14-,16+,17-/m0/s1. The average Bonchev–Trinajstić information content (AvgIpc) is 2.94. The van der Waals surface area contributed by atoms with Crippen LogP contribution in [0.5, 0.6) is 5.75 Å². The smallest absolute Gasteiger partial charge is 0.234 e. The highest BCUT2D eigenvalue weighted by Gasteiger charge is 2.44. The molecule has 0 bridgehead atoms. The summed E-state index contributed by atoms with van der Waals surface area (Å²) in [6.07, 6.45) is 5.59. The molecule has 3 rings (SSSR count). The minimum Gasteiger partial charge on any atom is -0.496 e. The molecule has 1 aromatic rings. The number of benzene rings is 1. The summed E-state index contributed by atoms with van der Waals surface area (Å²) in [6, 6.07) is 5.68. The number of nitrogens with zero attached hydrogens (tertiary/aromatic N) is 1. The first-order valence-corrected chi connectivity index (χ1v) is 8.74. The van der Waals surface area contributed by atoms with Crippen LogP contribution in [0.25, 0.3) is 0 Å². The van der Waals surface area contributed by atoms with E-state index in [1.165, 1.54) is 19.3 Å². The average molecular weight is 330 g/mol. The Hall–Kier alpha value is -1.88. The Labute approximate surface area is 143 Å². The molecular formula is C19H26N2O3. The molecule has 5 heteroatoms. The van der Waals surface area contributed by atoms with Crippen LogP contribution in [-0.4, -0.2) is 35.8 Å². The summed E-state index contributed by atoms with van der Waals surface area (Å²) in [6.45, 7) is 2.16. The fraction of sp³-hybridized carbons (Fsp3) is 0.579. The number of ether oxygens (including phenoxy) is 1. The predicted octanol–water partition coefficient (Wildman–Crippen LogP) is 2.52. The molecule has 1 aliphatic carbocycles.